The van der Waals surface area contributed by atoms with E-state index in [1.165, 1.54) is 0 Å². The molecule has 0 saturated heterocycles. The van der Waals surface area contributed by atoms with E-state index in [1.54, 1.807) is 12.5 Å². The molecule has 1 aromatic rings. The van der Waals surface area contributed by atoms with Crippen LogP contribution in [0.5, 0.6) is 0 Å². The van der Waals surface area contributed by atoms with Crippen molar-refractivity contribution in [3.05, 3.63) is 18.2 Å². The largest absolute Gasteiger partial charge is 0.480 e. The fourth-order valence-corrected chi connectivity index (χ4v) is 1.28. The number of imidazole rings is 1. The van der Waals surface area contributed by atoms with E-state index < -0.39 is 12.0 Å². The third-order valence-corrected chi connectivity index (χ3v) is 2.08. The molecule has 0 aromatic carbocycles. The zero-order valence-electron chi connectivity index (χ0n) is 8.40. The Bertz CT molecular complexity index is 309. The zero-order valence-corrected chi connectivity index (χ0v) is 8.40. The van der Waals surface area contributed by atoms with Gasteiger partial charge in [-0.25, -0.2) is 4.98 Å². The molecule has 0 spiro atoms. The summed E-state index contributed by atoms with van der Waals surface area (Å²) in [5, 5.41) is 11.8. The Morgan fingerprint density at radius 1 is 1.79 bits per heavy atom. The Morgan fingerprint density at radius 3 is 2.93 bits per heavy atom. The third kappa shape index (κ3) is 2.56. The van der Waals surface area contributed by atoms with Gasteiger partial charge in [0.2, 0.25) is 0 Å². The lowest BCUT2D eigenvalue weighted by Crippen LogP contribution is -2.38. The van der Waals surface area contributed by atoms with Gasteiger partial charge >= 0.3 is 5.97 Å². The van der Waals surface area contributed by atoms with Crippen LogP contribution in [-0.2, 0) is 18.3 Å². The second-order valence-corrected chi connectivity index (χ2v) is 3.15. The molecule has 0 amide bonds. The monoisotopic (exact) mass is 197 g/mol. The highest BCUT2D eigenvalue weighted by Crippen LogP contribution is 2.01. The van der Waals surface area contributed by atoms with Crippen LogP contribution >= 0.6 is 0 Å². The number of carboxylic acids is 1. The molecule has 5 nitrogen and oxygen atoms in total. The molecule has 1 aromatic heterocycles. The van der Waals surface area contributed by atoms with Gasteiger partial charge in [0.15, 0.2) is 0 Å². The number of hydrogen-bond acceptors (Lipinski definition) is 3. The van der Waals surface area contributed by atoms with Gasteiger partial charge in [0.1, 0.15) is 6.04 Å². The van der Waals surface area contributed by atoms with Crippen LogP contribution in [0.3, 0.4) is 0 Å². The first kappa shape index (κ1) is 10.7. The van der Waals surface area contributed by atoms with Gasteiger partial charge in [-0.15, -0.1) is 0 Å². The summed E-state index contributed by atoms with van der Waals surface area (Å²) < 4.78 is 1.83. The van der Waals surface area contributed by atoms with E-state index in [0.717, 1.165) is 5.69 Å². The lowest BCUT2D eigenvalue weighted by Gasteiger charge is -2.12. The van der Waals surface area contributed by atoms with Gasteiger partial charge in [0, 0.05) is 25.4 Å². The molecule has 1 heterocycles. The third-order valence-electron chi connectivity index (χ3n) is 2.08. The van der Waals surface area contributed by atoms with Gasteiger partial charge in [0.05, 0.1) is 6.33 Å². The molecule has 0 radical (unpaired) electrons. The zero-order chi connectivity index (χ0) is 10.6. The number of carbonyl (C=O) groups is 1. The smallest absolute Gasteiger partial charge is 0.321 e. The predicted octanol–water partition coefficient (Wildman–Crippen LogP) is 0.0253. The Hall–Kier alpha value is -1.36. The molecule has 78 valence electrons. The Morgan fingerprint density at radius 2 is 2.50 bits per heavy atom. The van der Waals surface area contributed by atoms with E-state index >= 15 is 0 Å². The minimum atomic E-state index is -0.826. The number of hydrogen-bond donors (Lipinski definition) is 2. The van der Waals surface area contributed by atoms with Crippen molar-refractivity contribution in [2.45, 2.75) is 19.4 Å². The second-order valence-electron chi connectivity index (χ2n) is 3.15. The standard InChI is InChI=1S/C9H15N3O2/c1-3-11-8(9(13)14)4-7-5-10-6-12(7)2/h5-6,8,11H,3-4H2,1-2H3,(H,13,14)/t8-/m0/s1. The van der Waals surface area contributed by atoms with Crippen molar-refractivity contribution >= 4 is 5.97 Å². The van der Waals surface area contributed by atoms with Gasteiger partial charge in [-0.3, -0.25) is 4.79 Å². The molecule has 1 atom stereocenters. The molecule has 0 aliphatic heterocycles. The van der Waals surface area contributed by atoms with Crippen molar-refractivity contribution in [3.8, 4) is 0 Å². The van der Waals surface area contributed by atoms with Crippen molar-refractivity contribution < 1.29 is 9.90 Å². The number of nitrogens with one attached hydrogen (secondary N) is 1. The predicted molar refractivity (Wildman–Crippen MR) is 52.0 cm³/mol. The van der Waals surface area contributed by atoms with Crippen LogP contribution < -0.4 is 5.32 Å². The summed E-state index contributed by atoms with van der Waals surface area (Å²) in [7, 11) is 1.85. The molecule has 0 aliphatic carbocycles. The molecule has 14 heavy (non-hydrogen) atoms. The number of aliphatic carboxylic acids is 1. The highest BCUT2D eigenvalue weighted by molar-refractivity contribution is 5.73. The van der Waals surface area contributed by atoms with E-state index in [-0.39, 0.29) is 0 Å². The molecule has 0 unspecified atom stereocenters. The van der Waals surface area contributed by atoms with Crippen LogP contribution in [0.15, 0.2) is 12.5 Å². The minimum Gasteiger partial charge on any atom is -0.480 e. The van der Waals surface area contributed by atoms with Crippen LogP contribution in [0.2, 0.25) is 0 Å². The summed E-state index contributed by atoms with van der Waals surface area (Å²) in [5.74, 6) is -0.826. The van der Waals surface area contributed by atoms with Crippen LogP contribution in [0.25, 0.3) is 0 Å². The van der Waals surface area contributed by atoms with Gasteiger partial charge in [0.25, 0.3) is 0 Å². The highest BCUT2D eigenvalue weighted by Gasteiger charge is 2.17. The summed E-state index contributed by atoms with van der Waals surface area (Å²) in [4.78, 5) is 14.8. The first-order valence-corrected chi connectivity index (χ1v) is 4.56. The fourth-order valence-electron chi connectivity index (χ4n) is 1.28. The van der Waals surface area contributed by atoms with E-state index in [1.807, 2.05) is 18.5 Å². The second kappa shape index (κ2) is 4.76. The Labute approximate surface area is 82.8 Å². The number of rotatable bonds is 5. The molecule has 2 N–H and O–H groups in total. The van der Waals surface area contributed by atoms with E-state index in [9.17, 15) is 4.79 Å². The number of carboxylic acid groups (broad SMARTS) is 1. The van der Waals surface area contributed by atoms with Gasteiger partial charge in [-0.2, -0.15) is 0 Å². The van der Waals surface area contributed by atoms with Crippen molar-refractivity contribution in [1.29, 1.82) is 0 Å². The molecule has 0 fully saturated rings. The number of likely N-dealkylation sites (N-methyl/N-ethyl adjacent to an activating group) is 1. The Kier molecular flexibility index (Phi) is 3.64. The lowest BCUT2D eigenvalue weighted by molar-refractivity contribution is -0.139. The van der Waals surface area contributed by atoms with Gasteiger partial charge < -0.3 is 15.0 Å². The van der Waals surface area contributed by atoms with Crippen LogP contribution in [0.4, 0.5) is 0 Å². The molecular formula is C9H15N3O2. The summed E-state index contributed by atoms with van der Waals surface area (Å²) in [6.07, 6.45) is 3.81. The molecule has 0 saturated carbocycles. The molecule has 1 rings (SSSR count). The minimum absolute atomic E-state index is 0.458. The number of aromatic nitrogens is 2. The van der Waals surface area contributed by atoms with Crippen molar-refractivity contribution in [2.75, 3.05) is 6.54 Å². The number of nitrogens with zero attached hydrogens (tertiary/aromatic N) is 2. The molecule has 5 heteroatoms. The van der Waals surface area contributed by atoms with Crippen LogP contribution in [0.1, 0.15) is 12.6 Å². The highest BCUT2D eigenvalue weighted by atomic mass is 16.4. The Balaban J connectivity index is 2.64. The van der Waals surface area contributed by atoms with Gasteiger partial charge in [-0.1, -0.05) is 6.92 Å². The maximum absolute atomic E-state index is 10.8. The SMILES string of the molecule is CCN[C@@H](Cc1cncn1C)C(=O)O. The van der Waals surface area contributed by atoms with Crippen LogP contribution in [0, 0.1) is 0 Å². The normalized spacial score (nSPS) is 12.7. The quantitative estimate of drug-likeness (QED) is 0.698. The first-order valence-electron chi connectivity index (χ1n) is 4.56. The summed E-state index contributed by atoms with van der Waals surface area (Å²) in [6.45, 7) is 2.54. The molecular weight excluding hydrogens is 182 g/mol. The summed E-state index contributed by atoms with van der Waals surface area (Å²) in [6, 6.07) is -0.532. The number of aryl methyl sites for hydroxylation is 1. The van der Waals surface area contributed by atoms with Crippen molar-refractivity contribution in [3.63, 3.8) is 0 Å². The maximum atomic E-state index is 10.8. The van der Waals surface area contributed by atoms with E-state index in [2.05, 4.69) is 10.3 Å². The van der Waals surface area contributed by atoms with Crippen molar-refractivity contribution in [2.24, 2.45) is 7.05 Å². The van der Waals surface area contributed by atoms with E-state index in [4.69, 9.17) is 5.11 Å². The average molecular weight is 197 g/mol. The average Bonchev–Trinajstić information content (AvgIpc) is 2.51. The molecule has 0 aliphatic rings. The first-order chi connectivity index (χ1) is 6.65. The fraction of sp³-hybridized carbons (Fsp3) is 0.556. The maximum Gasteiger partial charge on any atom is 0.321 e. The summed E-state index contributed by atoms with van der Waals surface area (Å²) >= 11 is 0. The molecule has 0 bridgehead atoms. The summed E-state index contributed by atoms with van der Waals surface area (Å²) in [5.41, 5.74) is 0.915. The lowest BCUT2D eigenvalue weighted by atomic mass is 10.1. The van der Waals surface area contributed by atoms with Crippen molar-refractivity contribution in [1.82, 2.24) is 14.9 Å². The van der Waals surface area contributed by atoms with E-state index in [0.29, 0.717) is 13.0 Å². The van der Waals surface area contributed by atoms with Gasteiger partial charge in [-0.05, 0) is 6.54 Å². The topological polar surface area (TPSA) is 67.2 Å². The van der Waals surface area contributed by atoms with Crippen LogP contribution in [-0.4, -0.2) is 33.2 Å².